The molecule has 0 radical (unpaired) electrons. The minimum Gasteiger partial charge on any atom is -0.480 e. The number of carboxylic acids is 1. The number of aromatic nitrogens is 1. The van der Waals surface area contributed by atoms with E-state index in [1.54, 1.807) is 30.6 Å². The molecule has 5 nitrogen and oxygen atoms in total. The van der Waals surface area contributed by atoms with Gasteiger partial charge in [0.05, 0.1) is 4.91 Å². The number of nitrogens with zero attached hydrogens (tertiary/aromatic N) is 2. The summed E-state index contributed by atoms with van der Waals surface area (Å²) in [5.41, 5.74) is 0.769. The Bertz CT molecular complexity index is 572. The molecule has 0 aromatic carbocycles. The Labute approximate surface area is 119 Å². The molecule has 1 aliphatic rings. The highest BCUT2D eigenvalue weighted by molar-refractivity contribution is 8.26. The minimum absolute atomic E-state index is 0.259. The Morgan fingerprint density at radius 1 is 1.63 bits per heavy atom. The van der Waals surface area contributed by atoms with Crippen molar-refractivity contribution in [2.75, 3.05) is 0 Å². The fourth-order valence-corrected chi connectivity index (χ4v) is 2.96. The number of thiocarbonyl (C=S) groups is 1. The summed E-state index contributed by atoms with van der Waals surface area (Å²) in [6, 6.07) is 2.60. The van der Waals surface area contributed by atoms with Gasteiger partial charge in [-0.25, -0.2) is 4.79 Å². The predicted octanol–water partition coefficient (Wildman–Crippen LogP) is 1.76. The number of amides is 1. The summed E-state index contributed by atoms with van der Waals surface area (Å²) in [7, 11) is 0. The van der Waals surface area contributed by atoms with Crippen molar-refractivity contribution in [3.8, 4) is 0 Å². The van der Waals surface area contributed by atoms with Crippen molar-refractivity contribution in [1.82, 2.24) is 9.88 Å². The van der Waals surface area contributed by atoms with Crippen LogP contribution in [0.25, 0.3) is 6.08 Å². The fourth-order valence-electron chi connectivity index (χ4n) is 1.54. The average molecular weight is 294 g/mol. The van der Waals surface area contributed by atoms with Crippen LogP contribution < -0.4 is 0 Å². The van der Waals surface area contributed by atoms with Crippen LogP contribution in [0.3, 0.4) is 0 Å². The van der Waals surface area contributed by atoms with Crippen LogP contribution in [0.2, 0.25) is 0 Å². The third-order valence-corrected chi connectivity index (χ3v) is 3.88. The van der Waals surface area contributed by atoms with Crippen LogP contribution in [0.1, 0.15) is 12.5 Å². The van der Waals surface area contributed by atoms with Gasteiger partial charge in [0.15, 0.2) is 0 Å². The van der Waals surface area contributed by atoms with Crippen LogP contribution in [-0.4, -0.2) is 37.2 Å². The summed E-state index contributed by atoms with van der Waals surface area (Å²) in [5, 5.41) is 8.96. The number of hydrogen-bond acceptors (Lipinski definition) is 5. The second kappa shape index (κ2) is 5.50. The number of aliphatic carboxylic acids is 1. The Morgan fingerprint density at radius 3 is 2.95 bits per heavy atom. The van der Waals surface area contributed by atoms with Crippen molar-refractivity contribution in [2.24, 2.45) is 0 Å². The Hall–Kier alpha value is -1.73. The third kappa shape index (κ3) is 2.82. The number of carbonyl (C=O) groups excluding carboxylic acids is 1. The van der Waals surface area contributed by atoms with Gasteiger partial charge in [0.2, 0.25) is 0 Å². The maximum Gasteiger partial charge on any atom is 0.326 e. The molecule has 98 valence electrons. The fraction of sp³-hybridized carbons (Fsp3) is 0.167. The zero-order valence-electron chi connectivity index (χ0n) is 9.94. The molecule has 0 bridgehead atoms. The van der Waals surface area contributed by atoms with Crippen molar-refractivity contribution in [3.63, 3.8) is 0 Å². The normalized spacial score (nSPS) is 19.0. The molecule has 1 N–H and O–H groups in total. The Kier molecular flexibility index (Phi) is 3.96. The van der Waals surface area contributed by atoms with E-state index in [9.17, 15) is 9.59 Å². The molecular weight excluding hydrogens is 284 g/mol. The number of rotatable bonds is 3. The zero-order valence-corrected chi connectivity index (χ0v) is 11.6. The highest BCUT2D eigenvalue weighted by Crippen LogP contribution is 2.33. The van der Waals surface area contributed by atoms with E-state index in [1.165, 1.54) is 6.92 Å². The standard InChI is InChI=1S/C12H10N2O3S2/c1-7(11(16)17)14-10(15)9(19-12(14)18)5-8-3-2-4-13-6-8/h2-7H,1H3,(H,16,17)/b9-5-/t7-/m0/s1. The molecule has 1 amide bonds. The van der Waals surface area contributed by atoms with Crippen LogP contribution in [0.5, 0.6) is 0 Å². The molecule has 1 fully saturated rings. The van der Waals surface area contributed by atoms with Crippen LogP contribution in [0.15, 0.2) is 29.4 Å². The van der Waals surface area contributed by atoms with Crippen molar-refractivity contribution < 1.29 is 14.7 Å². The lowest BCUT2D eigenvalue weighted by molar-refractivity contribution is -0.144. The number of carbonyl (C=O) groups is 2. The van der Waals surface area contributed by atoms with E-state index in [0.717, 1.165) is 22.2 Å². The first-order valence-corrected chi connectivity index (χ1v) is 6.63. The van der Waals surface area contributed by atoms with E-state index in [0.29, 0.717) is 4.91 Å². The highest BCUT2D eigenvalue weighted by atomic mass is 32.2. The van der Waals surface area contributed by atoms with Gasteiger partial charge in [0.1, 0.15) is 10.4 Å². The molecule has 0 saturated carbocycles. The topological polar surface area (TPSA) is 70.5 Å². The van der Waals surface area contributed by atoms with Crippen molar-refractivity contribution in [2.45, 2.75) is 13.0 Å². The second-order valence-corrected chi connectivity index (χ2v) is 5.53. The van der Waals surface area contributed by atoms with Crippen molar-refractivity contribution in [3.05, 3.63) is 35.0 Å². The molecule has 2 rings (SSSR count). The molecule has 1 aromatic heterocycles. The first-order chi connectivity index (χ1) is 9.00. The molecule has 1 atom stereocenters. The molecule has 1 aliphatic heterocycles. The third-order valence-electron chi connectivity index (χ3n) is 2.55. The second-order valence-electron chi connectivity index (χ2n) is 3.85. The summed E-state index contributed by atoms with van der Waals surface area (Å²) in [5.74, 6) is -1.47. The average Bonchev–Trinajstić information content (AvgIpc) is 2.65. The maximum atomic E-state index is 12.1. The summed E-state index contributed by atoms with van der Waals surface area (Å²) in [6.07, 6.45) is 4.91. The molecule has 7 heteroatoms. The molecule has 1 saturated heterocycles. The number of hydrogen-bond donors (Lipinski definition) is 1. The van der Waals surface area contributed by atoms with E-state index in [1.807, 2.05) is 0 Å². The lowest BCUT2D eigenvalue weighted by Gasteiger charge is -2.18. The predicted molar refractivity (Wildman–Crippen MR) is 76.3 cm³/mol. The van der Waals surface area contributed by atoms with Gasteiger partial charge in [-0.2, -0.15) is 0 Å². The molecule has 0 aliphatic carbocycles. The lowest BCUT2D eigenvalue weighted by atomic mass is 10.2. The first-order valence-electron chi connectivity index (χ1n) is 5.40. The summed E-state index contributed by atoms with van der Waals surface area (Å²) in [4.78, 5) is 28.6. The van der Waals surface area contributed by atoms with Crippen LogP contribution in [0, 0.1) is 0 Å². The van der Waals surface area contributed by atoms with E-state index >= 15 is 0 Å². The van der Waals surface area contributed by atoms with Crippen molar-refractivity contribution >= 4 is 46.3 Å². The van der Waals surface area contributed by atoms with Gasteiger partial charge in [0, 0.05) is 12.4 Å². The van der Waals surface area contributed by atoms with Gasteiger partial charge >= 0.3 is 5.97 Å². The van der Waals surface area contributed by atoms with Gasteiger partial charge in [0.25, 0.3) is 5.91 Å². The van der Waals surface area contributed by atoms with Crippen molar-refractivity contribution in [1.29, 1.82) is 0 Å². The van der Waals surface area contributed by atoms with E-state index < -0.39 is 12.0 Å². The molecule has 0 spiro atoms. The highest BCUT2D eigenvalue weighted by Gasteiger charge is 2.38. The number of carboxylic acid groups (broad SMARTS) is 1. The van der Waals surface area contributed by atoms with Gasteiger partial charge < -0.3 is 5.11 Å². The molecule has 2 heterocycles. The van der Waals surface area contributed by atoms with E-state index in [-0.39, 0.29) is 10.2 Å². The van der Waals surface area contributed by atoms with Gasteiger partial charge in [-0.05, 0) is 24.6 Å². The van der Waals surface area contributed by atoms with E-state index in [2.05, 4.69) is 4.98 Å². The number of pyridine rings is 1. The number of thioether (sulfide) groups is 1. The SMILES string of the molecule is C[C@@H](C(=O)O)N1C(=O)/C(=C/c2cccnc2)SC1=S. The monoisotopic (exact) mass is 294 g/mol. The Morgan fingerprint density at radius 2 is 2.37 bits per heavy atom. The summed E-state index contributed by atoms with van der Waals surface area (Å²) in [6.45, 7) is 1.43. The summed E-state index contributed by atoms with van der Waals surface area (Å²) < 4.78 is 0.259. The zero-order chi connectivity index (χ0) is 14.0. The molecule has 19 heavy (non-hydrogen) atoms. The minimum atomic E-state index is -1.08. The van der Waals surface area contributed by atoms with Gasteiger partial charge in [-0.3, -0.25) is 14.7 Å². The molecule has 1 aromatic rings. The molecule has 0 unspecified atom stereocenters. The quantitative estimate of drug-likeness (QED) is 0.676. The van der Waals surface area contributed by atoms with Crippen LogP contribution >= 0.6 is 24.0 Å². The van der Waals surface area contributed by atoms with Gasteiger partial charge in [-0.1, -0.05) is 30.0 Å². The Balaban J connectivity index is 2.28. The summed E-state index contributed by atoms with van der Waals surface area (Å²) >= 11 is 6.15. The maximum absolute atomic E-state index is 12.1. The first kappa shape index (κ1) is 13.7. The van der Waals surface area contributed by atoms with Crippen LogP contribution in [0.4, 0.5) is 0 Å². The lowest BCUT2D eigenvalue weighted by Crippen LogP contribution is -2.41. The van der Waals surface area contributed by atoms with Crippen LogP contribution in [-0.2, 0) is 9.59 Å². The van der Waals surface area contributed by atoms with E-state index in [4.69, 9.17) is 17.3 Å². The largest absolute Gasteiger partial charge is 0.480 e. The molecular formula is C12H10N2O3S2. The van der Waals surface area contributed by atoms with Gasteiger partial charge in [-0.15, -0.1) is 0 Å². The smallest absolute Gasteiger partial charge is 0.326 e.